The van der Waals surface area contributed by atoms with Gasteiger partial charge in [-0.3, -0.25) is 14.9 Å². The maximum atomic E-state index is 11.1. The van der Waals surface area contributed by atoms with E-state index in [0.717, 1.165) is 6.20 Å². The van der Waals surface area contributed by atoms with Crippen LogP contribution < -0.4 is 10.6 Å². The molecule has 1 rings (SSSR count). The van der Waals surface area contributed by atoms with Crippen LogP contribution in [0.15, 0.2) is 12.3 Å². The average Bonchev–Trinajstić information content (AvgIpc) is 2.26. The van der Waals surface area contributed by atoms with Crippen molar-refractivity contribution in [2.45, 2.75) is 6.92 Å². The van der Waals surface area contributed by atoms with Crippen molar-refractivity contribution in [3.05, 3.63) is 27.9 Å². The molecule has 2 N–H and O–H groups in total. The minimum absolute atomic E-state index is 0.129. The molecule has 16 heavy (non-hydrogen) atoms. The molecule has 0 unspecified atom stereocenters. The zero-order valence-corrected chi connectivity index (χ0v) is 9.01. The number of nitrogens with two attached hydrogens (primary N) is 1. The molecule has 0 saturated carbocycles. The summed E-state index contributed by atoms with van der Waals surface area (Å²) < 4.78 is 0. The van der Waals surface area contributed by atoms with E-state index in [1.54, 1.807) is 11.9 Å². The van der Waals surface area contributed by atoms with Crippen molar-refractivity contribution in [1.82, 2.24) is 4.98 Å². The van der Waals surface area contributed by atoms with E-state index in [1.807, 2.05) is 6.92 Å². The summed E-state index contributed by atoms with van der Waals surface area (Å²) in [5.74, 6) is -0.359. The molecule has 0 bridgehead atoms. The van der Waals surface area contributed by atoms with Gasteiger partial charge in [0.2, 0.25) is 0 Å². The van der Waals surface area contributed by atoms with Crippen LogP contribution >= 0.6 is 0 Å². The molecule has 1 aromatic rings. The molecular formula is C9H12N4O3. The Morgan fingerprint density at radius 2 is 2.31 bits per heavy atom. The molecule has 1 amide bonds. The fourth-order valence-corrected chi connectivity index (χ4v) is 1.15. The lowest BCUT2D eigenvalue weighted by molar-refractivity contribution is -0.385. The number of aromatic nitrogens is 1. The van der Waals surface area contributed by atoms with Crippen LogP contribution in [0.2, 0.25) is 0 Å². The summed E-state index contributed by atoms with van der Waals surface area (Å²) in [6.07, 6.45) is 1.04. The van der Waals surface area contributed by atoms with Crippen LogP contribution in [0, 0.1) is 10.1 Å². The van der Waals surface area contributed by atoms with Crippen LogP contribution in [0.3, 0.4) is 0 Å². The zero-order chi connectivity index (χ0) is 12.3. The fraction of sp³-hybridized carbons (Fsp3) is 0.333. The maximum Gasteiger partial charge on any atom is 0.300 e. The molecule has 0 aromatic carbocycles. The lowest BCUT2D eigenvalue weighted by atomic mass is 10.2. The van der Waals surface area contributed by atoms with Gasteiger partial charge >= 0.3 is 0 Å². The highest BCUT2D eigenvalue weighted by atomic mass is 16.6. The molecule has 0 atom stereocenters. The third-order valence-electron chi connectivity index (χ3n) is 2.20. The SMILES string of the molecule is CCN(C)c1cc(C(N)=O)c([N+](=O)[O-])cn1. The maximum absolute atomic E-state index is 11.1. The number of anilines is 1. The van der Waals surface area contributed by atoms with E-state index in [9.17, 15) is 14.9 Å². The summed E-state index contributed by atoms with van der Waals surface area (Å²) >= 11 is 0. The molecule has 0 radical (unpaired) electrons. The molecule has 1 heterocycles. The first-order chi connectivity index (χ1) is 7.47. The Bertz CT molecular complexity index is 433. The molecule has 0 aliphatic carbocycles. The first-order valence-corrected chi connectivity index (χ1v) is 4.62. The number of amides is 1. The third kappa shape index (κ3) is 2.25. The number of nitro groups is 1. The molecule has 7 heteroatoms. The number of primary amides is 1. The van der Waals surface area contributed by atoms with Crippen LogP contribution in [0.4, 0.5) is 11.5 Å². The van der Waals surface area contributed by atoms with Gasteiger partial charge in [-0.2, -0.15) is 0 Å². The molecule has 0 spiro atoms. The minimum Gasteiger partial charge on any atom is -0.365 e. The van der Waals surface area contributed by atoms with Gasteiger partial charge in [0, 0.05) is 19.7 Å². The van der Waals surface area contributed by atoms with Crippen molar-refractivity contribution in [2.75, 3.05) is 18.5 Å². The Labute approximate surface area is 92.0 Å². The summed E-state index contributed by atoms with van der Waals surface area (Å²) in [5, 5.41) is 10.6. The Hall–Kier alpha value is -2.18. The topological polar surface area (TPSA) is 102 Å². The molecule has 0 aliphatic heterocycles. The van der Waals surface area contributed by atoms with E-state index < -0.39 is 10.8 Å². The summed E-state index contributed by atoms with van der Waals surface area (Å²) in [4.78, 5) is 26.6. The van der Waals surface area contributed by atoms with Gasteiger partial charge in [-0.15, -0.1) is 0 Å². The van der Waals surface area contributed by atoms with Gasteiger partial charge in [-0.05, 0) is 6.92 Å². The van der Waals surface area contributed by atoms with E-state index >= 15 is 0 Å². The monoisotopic (exact) mass is 224 g/mol. The highest BCUT2D eigenvalue weighted by Crippen LogP contribution is 2.21. The predicted molar refractivity (Wildman–Crippen MR) is 58.4 cm³/mol. The second-order valence-corrected chi connectivity index (χ2v) is 3.20. The smallest absolute Gasteiger partial charge is 0.300 e. The first kappa shape index (κ1) is 11.9. The summed E-state index contributed by atoms with van der Waals surface area (Å²) in [7, 11) is 1.76. The van der Waals surface area contributed by atoms with Gasteiger partial charge in [0.25, 0.3) is 11.6 Å². The Balaban J connectivity index is 3.28. The molecular weight excluding hydrogens is 212 g/mol. The van der Waals surface area contributed by atoms with Crippen LogP contribution in [0.1, 0.15) is 17.3 Å². The van der Waals surface area contributed by atoms with Crippen molar-refractivity contribution >= 4 is 17.4 Å². The lowest BCUT2D eigenvalue weighted by Crippen LogP contribution is -2.20. The summed E-state index contributed by atoms with van der Waals surface area (Å²) in [6.45, 7) is 2.57. The van der Waals surface area contributed by atoms with E-state index in [2.05, 4.69) is 4.98 Å². The van der Waals surface area contributed by atoms with Gasteiger partial charge in [0.15, 0.2) is 0 Å². The molecule has 86 valence electrons. The molecule has 7 nitrogen and oxygen atoms in total. The Kier molecular flexibility index (Phi) is 3.39. The molecule has 0 aliphatic rings. The van der Waals surface area contributed by atoms with Crippen LogP contribution in [0.25, 0.3) is 0 Å². The number of hydrogen-bond donors (Lipinski definition) is 1. The average molecular weight is 224 g/mol. The van der Waals surface area contributed by atoms with Gasteiger partial charge in [0.1, 0.15) is 17.6 Å². The van der Waals surface area contributed by atoms with Crippen molar-refractivity contribution in [1.29, 1.82) is 0 Å². The summed E-state index contributed by atoms with van der Waals surface area (Å²) in [6, 6.07) is 1.32. The standard InChI is InChI=1S/C9H12N4O3/c1-3-12(2)8-4-6(9(10)14)7(5-11-8)13(15)16/h4-5H,3H2,1-2H3,(H2,10,14). The van der Waals surface area contributed by atoms with Crippen LogP contribution in [-0.2, 0) is 0 Å². The largest absolute Gasteiger partial charge is 0.365 e. The second kappa shape index (κ2) is 4.56. The van der Waals surface area contributed by atoms with E-state index in [-0.39, 0.29) is 11.3 Å². The normalized spacial score (nSPS) is 9.88. The van der Waals surface area contributed by atoms with E-state index in [1.165, 1.54) is 6.07 Å². The molecule has 0 fully saturated rings. The first-order valence-electron chi connectivity index (χ1n) is 4.62. The van der Waals surface area contributed by atoms with Crippen molar-refractivity contribution in [2.24, 2.45) is 5.73 Å². The second-order valence-electron chi connectivity index (χ2n) is 3.20. The number of pyridine rings is 1. The highest BCUT2D eigenvalue weighted by Gasteiger charge is 2.20. The number of nitrogens with zero attached hydrogens (tertiary/aromatic N) is 3. The quantitative estimate of drug-likeness (QED) is 0.594. The van der Waals surface area contributed by atoms with E-state index in [0.29, 0.717) is 12.4 Å². The number of carbonyl (C=O) groups is 1. The molecule has 1 aromatic heterocycles. The highest BCUT2D eigenvalue weighted by molar-refractivity contribution is 5.97. The van der Waals surface area contributed by atoms with Crippen molar-refractivity contribution in [3.8, 4) is 0 Å². The van der Waals surface area contributed by atoms with Gasteiger partial charge in [-0.1, -0.05) is 0 Å². The Morgan fingerprint density at radius 1 is 1.69 bits per heavy atom. The Morgan fingerprint density at radius 3 is 2.75 bits per heavy atom. The number of rotatable bonds is 4. The molecule has 0 saturated heterocycles. The third-order valence-corrected chi connectivity index (χ3v) is 2.20. The lowest BCUT2D eigenvalue weighted by Gasteiger charge is -2.15. The van der Waals surface area contributed by atoms with Gasteiger partial charge in [-0.25, -0.2) is 4.98 Å². The van der Waals surface area contributed by atoms with Crippen LogP contribution in [0.5, 0.6) is 0 Å². The van der Waals surface area contributed by atoms with Gasteiger partial charge in [0.05, 0.1) is 4.92 Å². The van der Waals surface area contributed by atoms with Crippen LogP contribution in [-0.4, -0.2) is 29.4 Å². The zero-order valence-electron chi connectivity index (χ0n) is 9.01. The number of carbonyl (C=O) groups excluding carboxylic acids is 1. The van der Waals surface area contributed by atoms with Crippen molar-refractivity contribution < 1.29 is 9.72 Å². The minimum atomic E-state index is -0.833. The summed E-state index contributed by atoms with van der Waals surface area (Å²) in [5.41, 5.74) is 4.57. The van der Waals surface area contributed by atoms with E-state index in [4.69, 9.17) is 5.73 Å². The van der Waals surface area contributed by atoms with Gasteiger partial charge < -0.3 is 10.6 Å². The fourth-order valence-electron chi connectivity index (χ4n) is 1.15. The number of hydrogen-bond acceptors (Lipinski definition) is 5. The van der Waals surface area contributed by atoms with Crippen molar-refractivity contribution in [3.63, 3.8) is 0 Å². The predicted octanol–water partition coefficient (Wildman–Crippen LogP) is 0.545.